The molecule has 5 heteroatoms. The lowest BCUT2D eigenvalue weighted by Gasteiger charge is -2.15. The molecule has 4 nitrogen and oxygen atoms in total. The van der Waals surface area contributed by atoms with E-state index in [1.807, 2.05) is 12.1 Å². The lowest BCUT2D eigenvalue weighted by atomic mass is 9.92. The molecule has 2 rings (SSSR count). The van der Waals surface area contributed by atoms with Crippen LogP contribution in [0.4, 0.5) is 5.82 Å². The monoisotopic (exact) mass is 318 g/mol. The van der Waals surface area contributed by atoms with Crippen molar-refractivity contribution in [3.05, 3.63) is 40.0 Å². The second-order valence-electron chi connectivity index (χ2n) is 5.37. The number of nitrogens with two attached hydrogens (primary N) is 1. The summed E-state index contributed by atoms with van der Waals surface area (Å²) in [6.45, 7) is 6.24. The highest BCUT2D eigenvalue weighted by Gasteiger charge is 2.24. The molecule has 0 atom stereocenters. The fourth-order valence-electron chi connectivity index (χ4n) is 1.80. The number of nitriles is 1. The van der Waals surface area contributed by atoms with Crippen molar-refractivity contribution in [2.24, 2.45) is 0 Å². The van der Waals surface area contributed by atoms with Gasteiger partial charge < -0.3 is 5.73 Å². The summed E-state index contributed by atoms with van der Waals surface area (Å²) in [6.07, 6.45) is 0. The zero-order valence-electron chi connectivity index (χ0n) is 11.1. The van der Waals surface area contributed by atoms with Gasteiger partial charge in [-0.05, 0) is 34.1 Å². The Hall–Kier alpha value is -1.80. The predicted molar refractivity (Wildman–Crippen MR) is 79.1 cm³/mol. The van der Waals surface area contributed by atoms with Gasteiger partial charge in [-0.25, -0.2) is 4.68 Å². The Morgan fingerprint density at radius 1 is 1.37 bits per heavy atom. The van der Waals surface area contributed by atoms with Crippen LogP contribution in [-0.2, 0) is 5.41 Å². The van der Waals surface area contributed by atoms with Crippen LogP contribution in [0.3, 0.4) is 0 Å². The number of nitrogens with zero attached hydrogens (tertiary/aromatic N) is 3. The van der Waals surface area contributed by atoms with Crippen molar-refractivity contribution in [1.82, 2.24) is 9.78 Å². The fourth-order valence-corrected chi connectivity index (χ4v) is 2.64. The maximum Gasteiger partial charge on any atom is 0.141 e. The number of nitrogen functional groups attached to an aromatic ring is 1. The van der Waals surface area contributed by atoms with Crippen LogP contribution in [0.15, 0.2) is 28.7 Å². The largest absolute Gasteiger partial charge is 0.383 e. The van der Waals surface area contributed by atoms with E-state index in [1.165, 1.54) is 0 Å². The maximum absolute atomic E-state index is 8.95. The Labute approximate surface area is 121 Å². The van der Waals surface area contributed by atoms with Crippen LogP contribution in [-0.4, -0.2) is 9.78 Å². The van der Waals surface area contributed by atoms with Gasteiger partial charge in [-0.2, -0.15) is 10.4 Å². The van der Waals surface area contributed by atoms with Crippen LogP contribution in [0.5, 0.6) is 0 Å². The van der Waals surface area contributed by atoms with Crippen LogP contribution in [0.2, 0.25) is 0 Å². The van der Waals surface area contributed by atoms with Crippen molar-refractivity contribution in [2.45, 2.75) is 26.2 Å². The number of halogens is 1. The fraction of sp³-hybridized carbons (Fsp3) is 0.286. The molecule has 0 aliphatic heterocycles. The first-order chi connectivity index (χ1) is 8.84. The summed E-state index contributed by atoms with van der Waals surface area (Å²) in [5.41, 5.74) is 8.25. The first kappa shape index (κ1) is 13.6. The van der Waals surface area contributed by atoms with Gasteiger partial charge in [0.2, 0.25) is 0 Å². The summed E-state index contributed by atoms with van der Waals surface area (Å²) in [6, 6.07) is 9.33. The average Bonchev–Trinajstić information content (AvgIpc) is 2.66. The van der Waals surface area contributed by atoms with Gasteiger partial charge in [0.15, 0.2) is 0 Å². The van der Waals surface area contributed by atoms with Gasteiger partial charge in [0.1, 0.15) is 5.82 Å². The first-order valence-electron chi connectivity index (χ1n) is 5.89. The number of aromatic nitrogens is 2. The van der Waals surface area contributed by atoms with Crippen LogP contribution in [0, 0.1) is 11.3 Å². The SMILES string of the molecule is CC(C)(C)c1nn(-c2cccc(C#N)c2)c(N)c1Br. The minimum Gasteiger partial charge on any atom is -0.383 e. The molecule has 1 heterocycles. The molecule has 0 aliphatic rings. The van der Waals surface area contributed by atoms with E-state index in [0.29, 0.717) is 11.4 Å². The molecule has 2 aromatic rings. The summed E-state index contributed by atoms with van der Waals surface area (Å²) in [4.78, 5) is 0. The zero-order valence-corrected chi connectivity index (χ0v) is 12.7. The molecule has 0 amide bonds. The third-order valence-corrected chi connectivity index (χ3v) is 3.57. The number of benzene rings is 1. The molecule has 1 aromatic heterocycles. The van der Waals surface area contributed by atoms with Crippen LogP contribution >= 0.6 is 15.9 Å². The highest BCUT2D eigenvalue weighted by molar-refractivity contribution is 9.10. The zero-order chi connectivity index (χ0) is 14.2. The van der Waals surface area contributed by atoms with Crippen molar-refractivity contribution in [3.8, 4) is 11.8 Å². The smallest absolute Gasteiger partial charge is 0.141 e. The van der Waals surface area contributed by atoms with Gasteiger partial charge in [0, 0.05) is 5.41 Å². The Balaban J connectivity index is 2.61. The molecule has 0 saturated carbocycles. The molecular formula is C14H15BrN4. The molecule has 19 heavy (non-hydrogen) atoms. The molecule has 1 aromatic carbocycles. The molecule has 0 fully saturated rings. The summed E-state index contributed by atoms with van der Waals surface area (Å²) < 4.78 is 2.47. The van der Waals surface area contributed by atoms with Crippen LogP contribution in [0.25, 0.3) is 5.69 Å². The van der Waals surface area contributed by atoms with E-state index in [-0.39, 0.29) is 5.41 Å². The van der Waals surface area contributed by atoms with Crippen molar-refractivity contribution in [2.75, 3.05) is 5.73 Å². The van der Waals surface area contributed by atoms with Gasteiger partial charge in [0.05, 0.1) is 27.5 Å². The Morgan fingerprint density at radius 2 is 2.05 bits per heavy atom. The normalized spacial score (nSPS) is 11.3. The van der Waals surface area contributed by atoms with Crippen molar-refractivity contribution < 1.29 is 0 Å². The summed E-state index contributed by atoms with van der Waals surface area (Å²) >= 11 is 3.50. The number of anilines is 1. The van der Waals surface area contributed by atoms with Crippen molar-refractivity contribution in [1.29, 1.82) is 5.26 Å². The van der Waals surface area contributed by atoms with Gasteiger partial charge in [-0.15, -0.1) is 0 Å². The average molecular weight is 319 g/mol. The van der Waals surface area contributed by atoms with Crippen molar-refractivity contribution in [3.63, 3.8) is 0 Å². The maximum atomic E-state index is 8.95. The van der Waals surface area contributed by atoms with Gasteiger partial charge >= 0.3 is 0 Å². The van der Waals surface area contributed by atoms with Gasteiger partial charge in [0.25, 0.3) is 0 Å². The number of hydrogen-bond donors (Lipinski definition) is 1. The van der Waals surface area contributed by atoms with Crippen molar-refractivity contribution >= 4 is 21.7 Å². The van der Waals surface area contributed by atoms with E-state index in [0.717, 1.165) is 15.9 Å². The third kappa shape index (κ3) is 2.49. The first-order valence-corrected chi connectivity index (χ1v) is 6.69. The minimum absolute atomic E-state index is 0.106. The lowest BCUT2D eigenvalue weighted by molar-refractivity contribution is 0.558. The van der Waals surface area contributed by atoms with E-state index < -0.39 is 0 Å². The Kier molecular flexibility index (Phi) is 3.38. The minimum atomic E-state index is -0.106. The number of rotatable bonds is 1. The second kappa shape index (κ2) is 4.71. The lowest BCUT2D eigenvalue weighted by Crippen LogP contribution is -2.13. The van der Waals surface area contributed by atoms with E-state index in [4.69, 9.17) is 11.0 Å². The Bertz CT molecular complexity index is 659. The molecule has 0 bridgehead atoms. The van der Waals surface area contributed by atoms with Crippen LogP contribution < -0.4 is 5.73 Å². The second-order valence-corrected chi connectivity index (χ2v) is 6.16. The van der Waals surface area contributed by atoms with Crippen LogP contribution in [0.1, 0.15) is 32.0 Å². The highest BCUT2D eigenvalue weighted by atomic mass is 79.9. The Morgan fingerprint density at radius 3 is 2.58 bits per heavy atom. The molecule has 0 radical (unpaired) electrons. The molecule has 0 unspecified atom stereocenters. The number of hydrogen-bond acceptors (Lipinski definition) is 3. The molecule has 98 valence electrons. The van der Waals surface area contributed by atoms with E-state index in [1.54, 1.807) is 16.8 Å². The van der Waals surface area contributed by atoms with E-state index >= 15 is 0 Å². The van der Waals surface area contributed by atoms with Gasteiger partial charge in [-0.3, -0.25) is 0 Å². The molecule has 0 aliphatic carbocycles. The van der Waals surface area contributed by atoms with E-state index in [2.05, 4.69) is 47.9 Å². The molecular weight excluding hydrogens is 304 g/mol. The molecule has 0 spiro atoms. The summed E-state index contributed by atoms with van der Waals surface area (Å²) in [7, 11) is 0. The van der Waals surface area contributed by atoms with E-state index in [9.17, 15) is 0 Å². The quantitative estimate of drug-likeness (QED) is 0.876. The molecule has 2 N–H and O–H groups in total. The topological polar surface area (TPSA) is 67.6 Å². The summed E-state index contributed by atoms with van der Waals surface area (Å²) in [5, 5.41) is 13.5. The molecule has 0 saturated heterocycles. The highest BCUT2D eigenvalue weighted by Crippen LogP contribution is 2.34. The standard InChI is InChI=1S/C14H15BrN4/c1-14(2,3)12-11(15)13(17)19(18-12)10-6-4-5-9(7-10)8-16/h4-7H,17H2,1-3H3. The van der Waals surface area contributed by atoms with Gasteiger partial charge in [-0.1, -0.05) is 26.8 Å². The third-order valence-electron chi connectivity index (χ3n) is 2.79. The predicted octanol–water partition coefficient (Wildman–Crippen LogP) is 3.39. The summed E-state index contributed by atoms with van der Waals surface area (Å²) in [5.74, 6) is 0.542.